The maximum atomic E-state index is 12.1. The first-order valence-electron chi connectivity index (χ1n) is 8.74. The minimum Gasteiger partial charge on any atom is -0.494 e. The van der Waals surface area contributed by atoms with Crippen molar-refractivity contribution in [2.75, 3.05) is 19.8 Å². The van der Waals surface area contributed by atoms with Crippen molar-refractivity contribution in [1.82, 2.24) is 5.43 Å². The lowest BCUT2D eigenvalue weighted by Crippen LogP contribution is -2.17. The predicted molar refractivity (Wildman–Crippen MR) is 106 cm³/mol. The van der Waals surface area contributed by atoms with Gasteiger partial charge in [-0.3, -0.25) is 4.79 Å². The van der Waals surface area contributed by atoms with Crippen LogP contribution >= 0.6 is 11.6 Å². The van der Waals surface area contributed by atoms with Gasteiger partial charge in [0.2, 0.25) is 0 Å². The average molecular weight is 391 g/mol. The average Bonchev–Trinajstić information content (AvgIpc) is 2.65. The van der Waals surface area contributed by atoms with E-state index in [1.807, 2.05) is 20.8 Å². The predicted octanol–water partition coefficient (Wildman–Crippen LogP) is 4.30. The van der Waals surface area contributed by atoms with E-state index in [-0.39, 0.29) is 5.91 Å². The molecule has 0 unspecified atom stereocenters. The van der Waals surface area contributed by atoms with Crippen LogP contribution in [-0.2, 0) is 0 Å². The number of hydrazone groups is 1. The maximum absolute atomic E-state index is 12.1. The summed E-state index contributed by atoms with van der Waals surface area (Å²) in [6.45, 7) is 7.18. The quantitative estimate of drug-likeness (QED) is 0.512. The van der Waals surface area contributed by atoms with E-state index in [2.05, 4.69) is 10.5 Å². The molecule has 27 heavy (non-hydrogen) atoms. The van der Waals surface area contributed by atoms with Crippen LogP contribution in [0.4, 0.5) is 0 Å². The second-order valence-electron chi connectivity index (χ2n) is 5.35. The van der Waals surface area contributed by atoms with Gasteiger partial charge in [0, 0.05) is 5.56 Å². The molecule has 144 valence electrons. The monoisotopic (exact) mass is 390 g/mol. The molecule has 6 nitrogen and oxygen atoms in total. The Morgan fingerprint density at radius 3 is 2.33 bits per heavy atom. The van der Waals surface area contributed by atoms with Gasteiger partial charge in [-0.2, -0.15) is 5.10 Å². The van der Waals surface area contributed by atoms with Crippen molar-refractivity contribution in [1.29, 1.82) is 0 Å². The highest BCUT2D eigenvalue weighted by Gasteiger charge is 2.11. The van der Waals surface area contributed by atoms with Crippen molar-refractivity contribution < 1.29 is 19.0 Å². The number of carbonyl (C=O) groups excluding carboxylic acids is 1. The summed E-state index contributed by atoms with van der Waals surface area (Å²) in [5.74, 6) is 1.42. The van der Waals surface area contributed by atoms with Gasteiger partial charge < -0.3 is 14.2 Å². The summed E-state index contributed by atoms with van der Waals surface area (Å²) in [7, 11) is 0. The van der Waals surface area contributed by atoms with Gasteiger partial charge >= 0.3 is 0 Å². The van der Waals surface area contributed by atoms with Gasteiger partial charge in [-0.25, -0.2) is 5.43 Å². The first-order valence-corrected chi connectivity index (χ1v) is 9.12. The molecule has 0 aliphatic carbocycles. The van der Waals surface area contributed by atoms with Crippen LogP contribution in [0, 0.1) is 0 Å². The second kappa shape index (κ2) is 10.4. The van der Waals surface area contributed by atoms with Crippen LogP contribution in [0.3, 0.4) is 0 Å². The van der Waals surface area contributed by atoms with Gasteiger partial charge in [0.15, 0.2) is 11.5 Å². The molecular formula is C20H23ClN2O4. The summed E-state index contributed by atoms with van der Waals surface area (Å²) in [6, 6.07) is 10.3. The summed E-state index contributed by atoms with van der Waals surface area (Å²) in [5.41, 5.74) is 3.65. The Morgan fingerprint density at radius 2 is 1.70 bits per heavy atom. The fourth-order valence-electron chi connectivity index (χ4n) is 2.31. The van der Waals surface area contributed by atoms with Crippen LogP contribution in [-0.4, -0.2) is 31.9 Å². The zero-order valence-electron chi connectivity index (χ0n) is 15.6. The van der Waals surface area contributed by atoms with Gasteiger partial charge in [0.25, 0.3) is 5.91 Å². The van der Waals surface area contributed by atoms with Gasteiger partial charge in [-0.05, 0) is 62.7 Å². The zero-order valence-corrected chi connectivity index (χ0v) is 16.4. The number of benzene rings is 2. The first kappa shape index (κ1) is 20.6. The van der Waals surface area contributed by atoms with Crippen LogP contribution in [0.5, 0.6) is 17.2 Å². The van der Waals surface area contributed by atoms with E-state index in [9.17, 15) is 4.79 Å². The zero-order chi connectivity index (χ0) is 19.6. The van der Waals surface area contributed by atoms with Gasteiger partial charge in [-0.15, -0.1) is 0 Å². The summed E-state index contributed by atoms with van der Waals surface area (Å²) in [5, 5.41) is 4.40. The first-order chi connectivity index (χ1) is 13.1. The van der Waals surface area contributed by atoms with Crippen molar-refractivity contribution >= 4 is 23.7 Å². The van der Waals surface area contributed by atoms with Gasteiger partial charge in [-0.1, -0.05) is 11.6 Å². The molecule has 0 aliphatic heterocycles. The highest BCUT2D eigenvalue weighted by molar-refractivity contribution is 6.32. The number of hydrogen-bond donors (Lipinski definition) is 1. The van der Waals surface area contributed by atoms with E-state index in [0.29, 0.717) is 53.2 Å². The molecule has 0 heterocycles. The molecule has 0 spiro atoms. The molecule has 7 heteroatoms. The normalized spacial score (nSPS) is 10.7. The molecule has 1 amide bonds. The summed E-state index contributed by atoms with van der Waals surface area (Å²) in [6.07, 6.45) is 1.50. The number of nitrogens with one attached hydrogen (secondary N) is 1. The number of carbonyl (C=O) groups is 1. The number of hydrogen-bond acceptors (Lipinski definition) is 5. The second-order valence-corrected chi connectivity index (χ2v) is 5.76. The van der Waals surface area contributed by atoms with Crippen molar-refractivity contribution in [3.05, 3.63) is 52.5 Å². The summed E-state index contributed by atoms with van der Waals surface area (Å²) < 4.78 is 16.4. The molecule has 0 aliphatic rings. The van der Waals surface area contributed by atoms with E-state index in [0.717, 1.165) is 0 Å². The molecule has 2 rings (SSSR count). The van der Waals surface area contributed by atoms with Crippen molar-refractivity contribution in [2.45, 2.75) is 20.8 Å². The van der Waals surface area contributed by atoms with Gasteiger partial charge in [0.05, 0.1) is 31.1 Å². The molecule has 2 aromatic rings. The highest BCUT2D eigenvalue weighted by Crippen LogP contribution is 2.36. The Balaban J connectivity index is 2.07. The number of nitrogens with zero attached hydrogens (tertiary/aromatic N) is 1. The molecule has 1 N–H and O–H groups in total. The van der Waals surface area contributed by atoms with Crippen LogP contribution in [0.1, 0.15) is 36.7 Å². The Kier molecular flexibility index (Phi) is 7.95. The number of halogens is 1. The lowest BCUT2D eigenvalue weighted by molar-refractivity contribution is 0.0955. The Labute approximate surface area is 164 Å². The summed E-state index contributed by atoms with van der Waals surface area (Å²) in [4.78, 5) is 12.1. The minimum atomic E-state index is -0.323. The topological polar surface area (TPSA) is 69.2 Å². The lowest BCUT2D eigenvalue weighted by Gasteiger charge is -2.13. The molecule has 0 aromatic heterocycles. The standard InChI is InChI=1S/C20H23ClN2O4/c1-4-25-16-9-7-15(8-10-16)20(24)23-22-13-14-11-17(21)19(27-6-3)18(12-14)26-5-2/h7-13H,4-6H2,1-3H3,(H,23,24)/b22-13-. The van der Waals surface area contributed by atoms with Crippen LogP contribution < -0.4 is 19.6 Å². The third-order valence-electron chi connectivity index (χ3n) is 3.43. The van der Waals surface area contributed by atoms with E-state index >= 15 is 0 Å². The Hall–Kier alpha value is -2.73. The van der Waals surface area contributed by atoms with Crippen LogP contribution in [0.2, 0.25) is 5.02 Å². The Morgan fingerprint density at radius 1 is 1.04 bits per heavy atom. The number of ether oxygens (including phenoxy) is 3. The Bertz CT molecular complexity index is 791. The summed E-state index contributed by atoms with van der Waals surface area (Å²) >= 11 is 6.26. The van der Waals surface area contributed by atoms with E-state index in [4.69, 9.17) is 25.8 Å². The molecule has 0 saturated heterocycles. The van der Waals surface area contributed by atoms with Crippen molar-refractivity contribution in [2.24, 2.45) is 5.10 Å². The largest absolute Gasteiger partial charge is 0.494 e. The molecular weight excluding hydrogens is 368 g/mol. The minimum absolute atomic E-state index is 0.323. The van der Waals surface area contributed by atoms with E-state index in [1.54, 1.807) is 36.4 Å². The molecule has 0 atom stereocenters. The van der Waals surface area contributed by atoms with Gasteiger partial charge in [0.1, 0.15) is 5.75 Å². The molecule has 0 saturated carbocycles. The lowest BCUT2D eigenvalue weighted by atomic mass is 10.2. The molecule has 2 aromatic carbocycles. The number of amides is 1. The fraction of sp³-hybridized carbons (Fsp3) is 0.300. The van der Waals surface area contributed by atoms with E-state index < -0.39 is 0 Å². The molecule has 0 radical (unpaired) electrons. The SMILES string of the molecule is CCOc1ccc(C(=O)N/N=C\c2cc(Cl)c(OCC)c(OCC)c2)cc1. The smallest absolute Gasteiger partial charge is 0.271 e. The van der Waals surface area contributed by atoms with E-state index in [1.165, 1.54) is 6.21 Å². The van der Waals surface area contributed by atoms with Crippen molar-refractivity contribution in [3.63, 3.8) is 0 Å². The number of rotatable bonds is 9. The molecule has 0 fully saturated rings. The van der Waals surface area contributed by atoms with Crippen LogP contribution in [0.15, 0.2) is 41.5 Å². The fourth-order valence-corrected chi connectivity index (χ4v) is 2.58. The third kappa shape index (κ3) is 5.89. The van der Waals surface area contributed by atoms with Crippen LogP contribution in [0.25, 0.3) is 0 Å². The molecule has 0 bridgehead atoms. The maximum Gasteiger partial charge on any atom is 0.271 e. The van der Waals surface area contributed by atoms with Crippen molar-refractivity contribution in [3.8, 4) is 17.2 Å². The highest BCUT2D eigenvalue weighted by atomic mass is 35.5. The third-order valence-corrected chi connectivity index (χ3v) is 3.71.